The molecule has 0 saturated heterocycles. The number of benzene rings is 4. The molecule has 1 unspecified atom stereocenters. The normalized spacial score (nSPS) is 14.6. The molecular weight excluding hydrogens is 558 g/mol. The number of carboxylic acid groups (broad SMARTS) is 1. The lowest BCUT2D eigenvalue weighted by atomic mass is 9.94. The third-order valence-corrected chi connectivity index (χ3v) is 6.80. The van der Waals surface area contributed by atoms with Gasteiger partial charge in [0, 0.05) is 23.3 Å². The van der Waals surface area contributed by atoms with E-state index >= 15 is 4.39 Å². The summed E-state index contributed by atoms with van der Waals surface area (Å²) in [6.45, 7) is 0. The van der Waals surface area contributed by atoms with Crippen LogP contribution < -0.4 is 9.64 Å². The van der Waals surface area contributed by atoms with Crippen LogP contribution in [0.15, 0.2) is 89.9 Å². The quantitative estimate of drug-likeness (QED) is 0.138. The third kappa shape index (κ3) is 5.38. The van der Waals surface area contributed by atoms with Crippen molar-refractivity contribution in [3.05, 3.63) is 118 Å². The summed E-state index contributed by atoms with van der Waals surface area (Å²) >= 11 is 0. The van der Waals surface area contributed by atoms with Gasteiger partial charge in [0.15, 0.2) is 0 Å². The zero-order chi connectivity index (χ0) is 30.2. The second-order valence-corrected chi connectivity index (χ2v) is 9.37. The molecule has 0 aliphatic carbocycles. The molecule has 42 heavy (non-hydrogen) atoms. The Morgan fingerprint density at radius 2 is 1.69 bits per heavy atom. The number of nitro groups is 1. The van der Waals surface area contributed by atoms with Crippen molar-refractivity contribution in [2.45, 2.75) is 18.6 Å². The lowest BCUT2D eigenvalue weighted by Crippen LogP contribution is -2.39. The Kier molecular flexibility index (Phi) is 7.38. The van der Waals surface area contributed by atoms with Gasteiger partial charge in [0.05, 0.1) is 35.7 Å². The van der Waals surface area contributed by atoms with Crippen LogP contribution >= 0.6 is 0 Å². The molecule has 8 nitrogen and oxygen atoms in total. The number of amidine groups is 1. The summed E-state index contributed by atoms with van der Waals surface area (Å²) in [7, 11) is 1.26. The summed E-state index contributed by atoms with van der Waals surface area (Å²) in [4.78, 5) is 28.5. The molecule has 1 heterocycles. The second-order valence-electron chi connectivity index (χ2n) is 9.37. The molecule has 0 fully saturated rings. The summed E-state index contributed by atoms with van der Waals surface area (Å²) in [5.74, 6) is -2.00. The summed E-state index contributed by atoms with van der Waals surface area (Å²) < 4.78 is 61.8. The highest BCUT2D eigenvalue weighted by atomic mass is 19.4. The van der Waals surface area contributed by atoms with E-state index in [9.17, 15) is 33.2 Å². The number of aliphatic imine (C=N–C) groups is 1. The van der Waals surface area contributed by atoms with Gasteiger partial charge in [0.2, 0.25) is 0 Å². The van der Waals surface area contributed by atoms with E-state index in [1.165, 1.54) is 42.3 Å². The molecule has 5 rings (SSSR count). The van der Waals surface area contributed by atoms with Crippen LogP contribution in [0.2, 0.25) is 0 Å². The van der Waals surface area contributed by atoms with Gasteiger partial charge in [-0.05, 0) is 35.4 Å². The molecule has 4 aromatic carbocycles. The molecule has 1 N–H and O–H groups in total. The predicted molar refractivity (Wildman–Crippen MR) is 147 cm³/mol. The number of para-hydroxylation sites is 1. The van der Waals surface area contributed by atoms with Crippen molar-refractivity contribution >= 4 is 28.9 Å². The third-order valence-electron chi connectivity index (χ3n) is 6.80. The zero-order valence-electron chi connectivity index (χ0n) is 21.8. The summed E-state index contributed by atoms with van der Waals surface area (Å²) in [6.07, 6.45) is -5.32. The number of ether oxygens (including phenoxy) is 1. The van der Waals surface area contributed by atoms with Crippen molar-refractivity contribution in [1.29, 1.82) is 0 Å². The number of nitro benzene ring substituents is 1. The number of carbonyl (C=O) groups is 1. The molecule has 0 radical (unpaired) electrons. The first-order valence-electron chi connectivity index (χ1n) is 12.5. The standard InChI is InChI=1S/C30H21F4N3O5/c1-42-26-13-12-20(30(32,33)34)15-25(26)36-24(16-27(38)39)22-6-3-7-23(31)28(22)35-29(36)18-10-8-17(9-11-18)19-4-2-5-21(14-19)37(40)41/h2-15,24H,16H2,1H3,(H,38,39). The Labute approximate surface area is 236 Å². The zero-order valence-corrected chi connectivity index (χ0v) is 21.8. The highest BCUT2D eigenvalue weighted by Gasteiger charge is 2.38. The molecule has 0 saturated carbocycles. The fraction of sp³-hybridized carbons (Fsp3) is 0.133. The molecule has 1 aliphatic heterocycles. The van der Waals surface area contributed by atoms with Crippen LogP contribution in [0.5, 0.6) is 5.75 Å². The van der Waals surface area contributed by atoms with Crippen molar-refractivity contribution in [2.75, 3.05) is 12.0 Å². The van der Waals surface area contributed by atoms with Gasteiger partial charge in [-0.3, -0.25) is 14.9 Å². The molecule has 4 aromatic rings. The van der Waals surface area contributed by atoms with Crippen molar-refractivity contribution < 1.29 is 37.1 Å². The lowest BCUT2D eigenvalue weighted by molar-refractivity contribution is -0.384. The Morgan fingerprint density at radius 1 is 1.00 bits per heavy atom. The fourth-order valence-corrected chi connectivity index (χ4v) is 4.88. The van der Waals surface area contributed by atoms with Gasteiger partial charge in [-0.15, -0.1) is 0 Å². The number of hydrogen-bond donors (Lipinski definition) is 1. The summed E-state index contributed by atoms with van der Waals surface area (Å²) in [6, 6.07) is 18.0. The van der Waals surface area contributed by atoms with E-state index in [0.717, 1.165) is 24.3 Å². The molecule has 12 heteroatoms. The molecule has 0 spiro atoms. The van der Waals surface area contributed by atoms with Crippen molar-refractivity contribution in [3.8, 4) is 16.9 Å². The number of hydrogen-bond acceptors (Lipinski definition) is 6. The lowest BCUT2D eigenvalue weighted by Gasteiger charge is -2.38. The largest absolute Gasteiger partial charge is 0.495 e. The van der Waals surface area contributed by atoms with E-state index in [1.807, 2.05) is 0 Å². The molecule has 0 aromatic heterocycles. The van der Waals surface area contributed by atoms with Gasteiger partial charge >= 0.3 is 12.1 Å². The number of aliphatic carboxylic acids is 1. The number of anilines is 1. The topological polar surface area (TPSA) is 105 Å². The molecule has 1 atom stereocenters. The van der Waals surface area contributed by atoms with E-state index in [1.54, 1.807) is 30.3 Å². The molecule has 1 aliphatic rings. The van der Waals surface area contributed by atoms with Crippen LogP contribution in [0.3, 0.4) is 0 Å². The van der Waals surface area contributed by atoms with Crippen molar-refractivity contribution in [3.63, 3.8) is 0 Å². The number of methoxy groups -OCH3 is 1. The van der Waals surface area contributed by atoms with Crippen LogP contribution in [0.4, 0.5) is 34.6 Å². The van der Waals surface area contributed by atoms with Crippen molar-refractivity contribution in [2.24, 2.45) is 4.99 Å². The first-order valence-corrected chi connectivity index (χ1v) is 12.5. The van der Waals surface area contributed by atoms with Crippen LogP contribution in [0, 0.1) is 15.9 Å². The predicted octanol–water partition coefficient (Wildman–Crippen LogP) is 7.54. The molecule has 0 bridgehead atoms. The fourth-order valence-electron chi connectivity index (χ4n) is 4.88. The number of rotatable bonds is 7. The minimum atomic E-state index is -4.72. The Balaban J connectivity index is 1.72. The van der Waals surface area contributed by atoms with Crippen LogP contribution in [0.1, 0.15) is 29.2 Å². The second kappa shape index (κ2) is 11.0. The number of nitrogens with zero attached hydrogens (tertiary/aromatic N) is 3. The Bertz CT molecular complexity index is 1720. The van der Waals surface area contributed by atoms with E-state index in [2.05, 4.69) is 4.99 Å². The van der Waals surface area contributed by atoms with Gasteiger partial charge in [-0.25, -0.2) is 9.38 Å². The van der Waals surface area contributed by atoms with Gasteiger partial charge in [-0.2, -0.15) is 13.2 Å². The van der Waals surface area contributed by atoms with Crippen molar-refractivity contribution in [1.82, 2.24) is 0 Å². The van der Waals surface area contributed by atoms with Gasteiger partial charge in [0.1, 0.15) is 23.1 Å². The van der Waals surface area contributed by atoms with Crippen LogP contribution in [-0.2, 0) is 11.0 Å². The average Bonchev–Trinajstić information content (AvgIpc) is 2.96. The molecular formula is C30H21F4N3O5. The monoisotopic (exact) mass is 579 g/mol. The minimum Gasteiger partial charge on any atom is -0.495 e. The maximum Gasteiger partial charge on any atom is 0.416 e. The van der Waals surface area contributed by atoms with Crippen LogP contribution in [-0.4, -0.2) is 28.9 Å². The van der Waals surface area contributed by atoms with E-state index in [4.69, 9.17) is 4.74 Å². The number of carboxylic acids is 1. The number of alkyl halides is 3. The van der Waals surface area contributed by atoms with Crippen LogP contribution in [0.25, 0.3) is 11.1 Å². The SMILES string of the molecule is COc1ccc(C(F)(F)F)cc1N1C(c2ccc(-c3cccc([N+](=O)[O-])c3)cc2)=Nc2c(F)cccc2C1CC(=O)O. The highest BCUT2D eigenvalue weighted by molar-refractivity contribution is 6.14. The number of non-ortho nitro benzene ring substituents is 1. The summed E-state index contributed by atoms with van der Waals surface area (Å²) in [5, 5.41) is 21.0. The number of halogens is 4. The average molecular weight is 580 g/mol. The number of fused-ring (bicyclic) bond motifs is 1. The molecule has 214 valence electrons. The minimum absolute atomic E-state index is 0.0120. The van der Waals surface area contributed by atoms with Gasteiger partial charge in [-0.1, -0.05) is 48.5 Å². The summed E-state index contributed by atoms with van der Waals surface area (Å²) in [5.41, 5.74) is 0.270. The Hall–Kier alpha value is -5.26. The maximum atomic E-state index is 15.1. The van der Waals surface area contributed by atoms with Gasteiger partial charge in [0.25, 0.3) is 5.69 Å². The first-order chi connectivity index (χ1) is 20.0. The van der Waals surface area contributed by atoms with Gasteiger partial charge < -0.3 is 14.7 Å². The smallest absolute Gasteiger partial charge is 0.416 e. The first kappa shape index (κ1) is 28.3. The maximum absolute atomic E-state index is 15.1. The highest BCUT2D eigenvalue weighted by Crippen LogP contribution is 2.46. The molecule has 0 amide bonds. The Morgan fingerprint density at radius 3 is 2.33 bits per heavy atom. The van der Waals surface area contributed by atoms with E-state index in [0.29, 0.717) is 16.7 Å². The van der Waals surface area contributed by atoms with E-state index < -0.39 is 40.9 Å². The van der Waals surface area contributed by atoms with E-state index in [-0.39, 0.29) is 34.2 Å².